The maximum absolute atomic E-state index is 13.0. The first-order valence-corrected chi connectivity index (χ1v) is 12.5. The smallest absolute Gasteiger partial charge is 0.312 e. The molecule has 1 atom stereocenters. The van der Waals surface area contributed by atoms with Gasteiger partial charge in [0.25, 0.3) is 0 Å². The Bertz CT molecular complexity index is 1150. The Kier molecular flexibility index (Phi) is 8.19. The van der Waals surface area contributed by atoms with E-state index in [0.717, 1.165) is 17.7 Å². The van der Waals surface area contributed by atoms with E-state index in [1.54, 1.807) is 30.3 Å². The van der Waals surface area contributed by atoms with Gasteiger partial charge in [-0.05, 0) is 36.2 Å². The van der Waals surface area contributed by atoms with Crippen LogP contribution in [0.25, 0.3) is 0 Å². The van der Waals surface area contributed by atoms with E-state index in [0.29, 0.717) is 17.7 Å². The fourth-order valence-corrected chi connectivity index (χ4v) is 4.53. The number of hydrogen-bond acceptors (Lipinski definition) is 5. The number of aromatic hydroxyl groups is 1. The molecule has 1 aliphatic heterocycles. The Morgan fingerprint density at radius 2 is 1.66 bits per heavy atom. The van der Waals surface area contributed by atoms with Gasteiger partial charge >= 0.3 is 5.97 Å². The van der Waals surface area contributed by atoms with Crippen LogP contribution in [-0.2, 0) is 4.79 Å². The number of carbonyl (C=O) groups is 2. The van der Waals surface area contributed by atoms with Gasteiger partial charge in [-0.3, -0.25) is 9.59 Å². The highest BCUT2D eigenvalue weighted by Gasteiger charge is 2.33. The van der Waals surface area contributed by atoms with Gasteiger partial charge in [-0.1, -0.05) is 81.5 Å². The van der Waals surface area contributed by atoms with E-state index in [-0.39, 0.29) is 35.2 Å². The van der Waals surface area contributed by atoms with Crippen molar-refractivity contribution in [1.29, 1.82) is 0 Å². The number of rotatable bonds is 11. The fourth-order valence-electron chi connectivity index (χ4n) is 4.53. The van der Waals surface area contributed by atoms with Crippen molar-refractivity contribution in [2.45, 2.75) is 57.8 Å². The standard InChI is InChI=1S/C30H32O5/c1-2-3-4-5-6-10-19-34-23-15-13-21(14-16-23)25-20-27(31)35-26-18-17-24(30(33)28(25)26)29(32)22-11-8-7-9-12-22/h7-9,11-18,25,33H,2-6,10,19-20H2,1H3/t25-/m0/s1. The molecule has 5 nitrogen and oxygen atoms in total. The molecule has 4 rings (SSSR count). The van der Waals surface area contributed by atoms with Gasteiger partial charge < -0.3 is 14.6 Å². The average Bonchev–Trinajstić information content (AvgIpc) is 2.88. The van der Waals surface area contributed by atoms with Crippen molar-refractivity contribution in [2.24, 2.45) is 0 Å². The largest absolute Gasteiger partial charge is 0.507 e. The van der Waals surface area contributed by atoms with E-state index in [1.165, 1.54) is 38.2 Å². The van der Waals surface area contributed by atoms with Crippen LogP contribution < -0.4 is 9.47 Å². The van der Waals surface area contributed by atoms with Crippen molar-refractivity contribution in [2.75, 3.05) is 6.61 Å². The van der Waals surface area contributed by atoms with Crippen molar-refractivity contribution < 1.29 is 24.2 Å². The van der Waals surface area contributed by atoms with Gasteiger partial charge in [-0.2, -0.15) is 0 Å². The van der Waals surface area contributed by atoms with E-state index < -0.39 is 5.92 Å². The first-order chi connectivity index (χ1) is 17.1. The lowest BCUT2D eigenvalue weighted by molar-refractivity contribution is -0.135. The molecule has 0 bridgehead atoms. The third-order valence-corrected chi connectivity index (χ3v) is 6.45. The summed E-state index contributed by atoms with van der Waals surface area (Å²) in [6.07, 6.45) is 7.34. The van der Waals surface area contributed by atoms with Crippen LogP contribution in [0.5, 0.6) is 17.2 Å². The minimum Gasteiger partial charge on any atom is -0.507 e. The van der Waals surface area contributed by atoms with E-state index >= 15 is 0 Å². The summed E-state index contributed by atoms with van der Waals surface area (Å²) in [6, 6.07) is 19.5. The molecule has 3 aromatic rings. The third kappa shape index (κ3) is 5.91. The van der Waals surface area contributed by atoms with E-state index in [9.17, 15) is 14.7 Å². The number of ketones is 1. The number of ether oxygens (including phenoxy) is 2. The van der Waals surface area contributed by atoms with Crippen molar-refractivity contribution in [3.8, 4) is 17.2 Å². The molecule has 3 aromatic carbocycles. The minimum absolute atomic E-state index is 0.0848. The van der Waals surface area contributed by atoms with Gasteiger partial charge in [-0.15, -0.1) is 0 Å². The molecule has 182 valence electrons. The predicted octanol–water partition coefficient (Wildman–Crippen LogP) is 6.80. The van der Waals surface area contributed by atoms with Crippen molar-refractivity contribution in [3.05, 3.63) is 89.0 Å². The summed E-state index contributed by atoms with van der Waals surface area (Å²) in [5, 5.41) is 11.1. The zero-order chi connectivity index (χ0) is 24.6. The van der Waals surface area contributed by atoms with Crippen LogP contribution in [0.1, 0.15) is 84.8 Å². The second-order valence-corrected chi connectivity index (χ2v) is 8.98. The monoisotopic (exact) mass is 472 g/mol. The second kappa shape index (κ2) is 11.7. The van der Waals surface area contributed by atoms with Crippen LogP contribution in [0.3, 0.4) is 0 Å². The SMILES string of the molecule is CCCCCCCCOc1ccc([C@@H]2CC(=O)Oc3ccc(C(=O)c4ccccc4)c(O)c32)cc1. The van der Waals surface area contributed by atoms with Crippen LogP contribution >= 0.6 is 0 Å². The Balaban J connectivity index is 1.50. The maximum Gasteiger partial charge on any atom is 0.312 e. The van der Waals surface area contributed by atoms with Crippen molar-refractivity contribution in [1.82, 2.24) is 0 Å². The normalized spacial score (nSPS) is 14.8. The Labute approximate surface area is 206 Å². The molecule has 0 saturated heterocycles. The van der Waals surface area contributed by atoms with Crippen LogP contribution in [-0.4, -0.2) is 23.5 Å². The first kappa shape index (κ1) is 24.5. The number of phenolic OH excluding ortho intramolecular Hbond substituents is 1. The molecule has 35 heavy (non-hydrogen) atoms. The molecule has 1 N–H and O–H groups in total. The van der Waals surface area contributed by atoms with Gasteiger partial charge in [0.15, 0.2) is 5.78 Å². The van der Waals surface area contributed by atoms with Gasteiger partial charge in [0.05, 0.1) is 18.6 Å². The Morgan fingerprint density at radius 3 is 2.40 bits per heavy atom. The average molecular weight is 473 g/mol. The fraction of sp³-hybridized carbons (Fsp3) is 0.333. The number of unbranched alkanes of at least 4 members (excludes halogenated alkanes) is 5. The Morgan fingerprint density at radius 1 is 0.943 bits per heavy atom. The van der Waals surface area contributed by atoms with Gasteiger partial charge in [0.2, 0.25) is 0 Å². The van der Waals surface area contributed by atoms with E-state index in [2.05, 4.69) is 6.92 Å². The summed E-state index contributed by atoms with van der Waals surface area (Å²) >= 11 is 0. The molecule has 1 heterocycles. The molecule has 0 radical (unpaired) electrons. The summed E-state index contributed by atoms with van der Waals surface area (Å²) < 4.78 is 11.3. The molecule has 1 aliphatic rings. The molecule has 0 saturated carbocycles. The predicted molar refractivity (Wildman–Crippen MR) is 135 cm³/mol. The second-order valence-electron chi connectivity index (χ2n) is 8.98. The molecule has 5 heteroatoms. The molecular weight excluding hydrogens is 440 g/mol. The zero-order valence-electron chi connectivity index (χ0n) is 20.2. The summed E-state index contributed by atoms with van der Waals surface area (Å²) in [5.41, 5.74) is 2.00. The number of benzene rings is 3. The molecule has 0 unspecified atom stereocenters. The van der Waals surface area contributed by atoms with Gasteiger partial charge in [0, 0.05) is 17.0 Å². The highest BCUT2D eigenvalue weighted by Crippen LogP contribution is 2.45. The van der Waals surface area contributed by atoms with E-state index in [1.807, 2.05) is 30.3 Å². The molecule has 0 fully saturated rings. The van der Waals surface area contributed by atoms with Crippen LogP contribution in [0.2, 0.25) is 0 Å². The summed E-state index contributed by atoms with van der Waals surface area (Å²) in [6.45, 7) is 2.89. The third-order valence-electron chi connectivity index (χ3n) is 6.45. The van der Waals surface area contributed by atoms with Crippen LogP contribution in [0, 0.1) is 0 Å². The minimum atomic E-state index is -0.414. The number of hydrogen-bond donors (Lipinski definition) is 1. The summed E-state index contributed by atoms with van der Waals surface area (Å²) in [4.78, 5) is 25.3. The van der Waals surface area contributed by atoms with Crippen molar-refractivity contribution in [3.63, 3.8) is 0 Å². The van der Waals surface area contributed by atoms with Gasteiger partial charge in [-0.25, -0.2) is 0 Å². The van der Waals surface area contributed by atoms with Crippen molar-refractivity contribution >= 4 is 11.8 Å². The summed E-state index contributed by atoms with van der Waals surface area (Å²) in [5.74, 6) is -0.137. The number of carbonyl (C=O) groups excluding carboxylic acids is 2. The number of phenols is 1. The maximum atomic E-state index is 13.0. The molecule has 0 aliphatic carbocycles. The molecule has 0 amide bonds. The van der Waals surface area contributed by atoms with E-state index in [4.69, 9.17) is 9.47 Å². The number of esters is 1. The number of fused-ring (bicyclic) bond motifs is 1. The van der Waals surface area contributed by atoms with Crippen LogP contribution in [0.4, 0.5) is 0 Å². The highest BCUT2D eigenvalue weighted by molar-refractivity contribution is 6.11. The quantitative estimate of drug-likeness (QED) is 0.144. The highest BCUT2D eigenvalue weighted by atomic mass is 16.5. The van der Waals surface area contributed by atoms with Crippen LogP contribution in [0.15, 0.2) is 66.7 Å². The summed E-state index contributed by atoms with van der Waals surface area (Å²) in [7, 11) is 0. The first-order valence-electron chi connectivity index (χ1n) is 12.5. The lowest BCUT2D eigenvalue weighted by Gasteiger charge is -2.26. The lowest BCUT2D eigenvalue weighted by Crippen LogP contribution is -2.22. The Hall–Kier alpha value is -3.60. The molecule has 0 aromatic heterocycles. The lowest BCUT2D eigenvalue weighted by atomic mass is 9.84. The molecule has 0 spiro atoms. The zero-order valence-corrected chi connectivity index (χ0v) is 20.2. The van der Waals surface area contributed by atoms with Gasteiger partial charge in [0.1, 0.15) is 17.2 Å². The molecular formula is C30H32O5. The topological polar surface area (TPSA) is 72.8 Å².